The molecule has 0 amide bonds. The fourth-order valence-corrected chi connectivity index (χ4v) is 4.38. The molecule has 8 nitrogen and oxygen atoms in total. The molecule has 2 atom stereocenters. The molecule has 0 spiro atoms. The number of nitrogens with zero attached hydrogens (tertiary/aromatic N) is 2. The van der Waals surface area contributed by atoms with Crippen LogP contribution in [0.5, 0.6) is 0 Å². The fourth-order valence-electron chi connectivity index (χ4n) is 2.24. The highest BCUT2D eigenvalue weighted by atomic mass is 32.2. The molecule has 0 fully saturated rings. The Bertz CT molecular complexity index is 754. The van der Waals surface area contributed by atoms with Crippen molar-refractivity contribution >= 4 is 20.4 Å². The van der Waals surface area contributed by atoms with Crippen LogP contribution in [0.1, 0.15) is 32.3 Å². The van der Waals surface area contributed by atoms with E-state index in [-0.39, 0.29) is 12.5 Å². The third-order valence-corrected chi connectivity index (χ3v) is 7.72. The van der Waals surface area contributed by atoms with Crippen molar-refractivity contribution in [2.75, 3.05) is 33.7 Å². The van der Waals surface area contributed by atoms with Gasteiger partial charge < -0.3 is 0 Å². The summed E-state index contributed by atoms with van der Waals surface area (Å²) < 4.78 is 56.8. The maximum Gasteiger partial charge on any atom is 0.279 e. The highest BCUT2D eigenvalue weighted by Gasteiger charge is 2.28. The van der Waals surface area contributed by atoms with Crippen LogP contribution in [0.25, 0.3) is 0 Å². The molecular formula is C16H30N4O4S2. The van der Waals surface area contributed by atoms with Crippen LogP contribution in [-0.2, 0) is 20.4 Å². The molecule has 150 valence electrons. The van der Waals surface area contributed by atoms with Crippen molar-refractivity contribution in [3.63, 3.8) is 0 Å². The number of hydrogen-bond donors (Lipinski definition) is 2. The lowest BCUT2D eigenvalue weighted by Crippen LogP contribution is -2.51. The summed E-state index contributed by atoms with van der Waals surface area (Å²) in [5.74, 6) is -0.231. The molecule has 0 aliphatic heterocycles. The molecule has 0 aromatic heterocycles. The molecule has 0 bridgehead atoms. The smallest absolute Gasteiger partial charge is 0.201 e. The zero-order valence-electron chi connectivity index (χ0n) is 16.0. The molecule has 26 heavy (non-hydrogen) atoms. The molecule has 0 aliphatic carbocycles. The topological polar surface area (TPSA) is 98.8 Å². The Labute approximate surface area is 157 Å². The minimum atomic E-state index is -3.72. The lowest BCUT2D eigenvalue weighted by Gasteiger charge is -2.28. The number of nitrogens with one attached hydrogen (secondary N) is 2. The molecule has 1 aromatic carbocycles. The predicted octanol–water partition coefficient (Wildman–Crippen LogP) is 0.731. The summed E-state index contributed by atoms with van der Waals surface area (Å²) in [7, 11) is -4.45. The maximum absolute atomic E-state index is 12.4. The van der Waals surface area contributed by atoms with Gasteiger partial charge in [0.05, 0.1) is 0 Å². The van der Waals surface area contributed by atoms with Crippen molar-refractivity contribution in [3.8, 4) is 0 Å². The van der Waals surface area contributed by atoms with Crippen LogP contribution in [0.2, 0.25) is 0 Å². The van der Waals surface area contributed by atoms with Gasteiger partial charge in [-0.1, -0.05) is 51.1 Å². The molecule has 2 N–H and O–H groups in total. The molecule has 1 rings (SSSR count). The van der Waals surface area contributed by atoms with Crippen molar-refractivity contribution in [1.82, 2.24) is 18.1 Å². The molecule has 0 saturated carbocycles. The fraction of sp³-hybridized carbons (Fsp3) is 0.625. The van der Waals surface area contributed by atoms with Crippen LogP contribution in [0.3, 0.4) is 0 Å². The molecule has 1 aromatic rings. The van der Waals surface area contributed by atoms with Crippen molar-refractivity contribution in [2.45, 2.75) is 32.7 Å². The first-order valence-corrected chi connectivity index (χ1v) is 11.4. The zero-order valence-corrected chi connectivity index (χ0v) is 17.6. The van der Waals surface area contributed by atoms with Crippen LogP contribution < -0.4 is 9.44 Å². The highest BCUT2D eigenvalue weighted by molar-refractivity contribution is 7.87. The maximum atomic E-state index is 12.4. The van der Waals surface area contributed by atoms with Gasteiger partial charge in [0.15, 0.2) is 0 Å². The second-order valence-corrected chi connectivity index (χ2v) is 9.78. The standard InChI is InChI=1S/C16H30N4O4S2/c1-6-19(4)25(21,22)17-13-16(18-26(23,24)20(5)7-2)14(3)15-11-9-8-10-12-15/h8-12,14,16-18H,6-7,13H2,1-5H3/t14-,16-/m1/s1. The Morgan fingerprint density at radius 2 is 1.42 bits per heavy atom. The number of hydrogen-bond acceptors (Lipinski definition) is 4. The van der Waals surface area contributed by atoms with E-state index >= 15 is 0 Å². The summed E-state index contributed by atoms with van der Waals surface area (Å²) in [4.78, 5) is 0. The minimum Gasteiger partial charge on any atom is -0.201 e. The lowest BCUT2D eigenvalue weighted by atomic mass is 9.94. The van der Waals surface area contributed by atoms with E-state index in [0.717, 1.165) is 5.56 Å². The molecule has 0 radical (unpaired) electrons. The van der Waals surface area contributed by atoms with Gasteiger partial charge in [-0.05, 0) is 11.5 Å². The molecular weight excluding hydrogens is 376 g/mol. The summed E-state index contributed by atoms with van der Waals surface area (Å²) in [6, 6.07) is 8.75. The molecule has 0 unspecified atom stereocenters. The van der Waals surface area contributed by atoms with E-state index in [1.807, 2.05) is 37.3 Å². The summed E-state index contributed by atoms with van der Waals surface area (Å²) in [5, 5.41) is 0. The highest BCUT2D eigenvalue weighted by Crippen LogP contribution is 2.20. The molecule has 0 heterocycles. The van der Waals surface area contributed by atoms with E-state index in [0.29, 0.717) is 13.1 Å². The van der Waals surface area contributed by atoms with Crippen molar-refractivity contribution in [3.05, 3.63) is 35.9 Å². The van der Waals surface area contributed by atoms with Gasteiger partial charge in [0.25, 0.3) is 20.4 Å². The molecule has 10 heteroatoms. The quantitative estimate of drug-likeness (QED) is 0.566. The van der Waals surface area contributed by atoms with Crippen molar-refractivity contribution < 1.29 is 16.8 Å². The van der Waals surface area contributed by atoms with Crippen LogP contribution in [0.15, 0.2) is 30.3 Å². The van der Waals surface area contributed by atoms with E-state index in [2.05, 4.69) is 9.44 Å². The van der Waals surface area contributed by atoms with E-state index < -0.39 is 26.5 Å². The SMILES string of the molecule is CCN(C)S(=O)(=O)NC[C@@H](NS(=O)(=O)N(C)CC)[C@H](C)c1ccccc1. The third kappa shape index (κ3) is 6.29. The van der Waals surface area contributed by atoms with E-state index in [9.17, 15) is 16.8 Å². The lowest BCUT2D eigenvalue weighted by molar-refractivity contribution is 0.430. The summed E-state index contributed by atoms with van der Waals surface area (Å²) in [6.45, 7) is 5.90. The summed E-state index contributed by atoms with van der Waals surface area (Å²) in [6.07, 6.45) is 0. The first kappa shape index (κ1) is 23.0. The predicted molar refractivity (Wildman–Crippen MR) is 104 cm³/mol. The minimum absolute atomic E-state index is 0.0560. The Kier molecular flexibility index (Phi) is 8.64. The Morgan fingerprint density at radius 1 is 0.923 bits per heavy atom. The van der Waals surface area contributed by atoms with Crippen LogP contribution in [0, 0.1) is 0 Å². The van der Waals surface area contributed by atoms with E-state index in [4.69, 9.17) is 0 Å². The van der Waals surface area contributed by atoms with Gasteiger partial charge in [0, 0.05) is 39.8 Å². The van der Waals surface area contributed by atoms with Gasteiger partial charge in [-0.2, -0.15) is 30.2 Å². The second-order valence-electron chi connectivity index (χ2n) is 6.11. The normalized spacial score (nSPS) is 15.3. The second kappa shape index (κ2) is 9.77. The Hall–Kier alpha value is -1.04. The summed E-state index contributed by atoms with van der Waals surface area (Å²) in [5.41, 5.74) is 0.919. The van der Waals surface area contributed by atoms with Crippen LogP contribution in [0.4, 0.5) is 0 Å². The van der Waals surface area contributed by atoms with Crippen molar-refractivity contribution in [1.29, 1.82) is 0 Å². The zero-order chi connectivity index (χ0) is 20.0. The van der Waals surface area contributed by atoms with Crippen LogP contribution >= 0.6 is 0 Å². The Morgan fingerprint density at radius 3 is 1.92 bits per heavy atom. The molecule has 0 aliphatic rings. The first-order chi connectivity index (χ1) is 12.0. The van der Waals surface area contributed by atoms with Gasteiger partial charge in [-0.15, -0.1) is 0 Å². The average Bonchev–Trinajstić information content (AvgIpc) is 2.63. The van der Waals surface area contributed by atoms with E-state index in [1.165, 1.54) is 22.7 Å². The van der Waals surface area contributed by atoms with Gasteiger partial charge in [-0.25, -0.2) is 4.72 Å². The van der Waals surface area contributed by atoms with E-state index in [1.54, 1.807) is 13.8 Å². The molecule has 0 saturated heterocycles. The first-order valence-electron chi connectivity index (χ1n) is 8.54. The van der Waals surface area contributed by atoms with Crippen LogP contribution in [-0.4, -0.2) is 65.2 Å². The summed E-state index contributed by atoms with van der Waals surface area (Å²) >= 11 is 0. The van der Waals surface area contributed by atoms with Gasteiger partial charge in [-0.3, -0.25) is 0 Å². The number of rotatable bonds is 11. The largest absolute Gasteiger partial charge is 0.279 e. The van der Waals surface area contributed by atoms with Gasteiger partial charge in [0.1, 0.15) is 0 Å². The number of benzene rings is 1. The Balaban J connectivity index is 3.06. The van der Waals surface area contributed by atoms with Gasteiger partial charge >= 0.3 is 0 Å². The van der Waals surface area contributed by atoms with Gasteiger partial charge in [0.2, 0.25) is 0 Å². The third-order valence-electron chi connectivity index (χ3n) is 4.43. The average molecular weight is 407 g/mol. The van der Waals surface area contributed by atoms with Crippen molar-refractivity contribution in [2.24, 2.45) is 0 Å². The monoisotopic (exact) mass is 406 g/mol.